The average molecular weight is 212 g/mol. The molecule has 4 nitrogen and oxygen atoms in total. The minimum atomic E-state index is 0.666. The van der Waals surface area contributed by atoms with Crippen LogP contribution in [-0.2, 0) is 0 Å². The van der Waals surface area contributed by atoms with E-state index in [1.54, 1.807) is 25.5 Å². The molecule has 0 saturated heterocycles. The number of aromatic nitrogens is 2. The van der Waals surface area contributed by atoms with Crippen molar-refractivity contribution in [2.75, 3.05) is 7.05 Å². The van der Waals surface area contributed by atoms with Crippen molar-refractivity contribution in [2.45, 2.75) is 0 Å². The third kappa shape index (κ3) is 1.77. The maximum absolute atomic E-state index is 4.22. The van der Waals surface area contributed by atoms with E-state index in [1.165, 1.54) is 0 Å². The number of amidine groups is 1. The summed E-state index contributed by atoms with van der Waals surface area (Å²) in [6, 6.07) is 3.88. The van der Waals surface area contributed by atoms with Gasteiger partial charge in [-0.05, 0) is 12.1 Å². The van der Waals surface area contributed by atoms with Crippen LogP contribution in [0.2, 0.25) is 0 Å². The molecule has 0 unspecified atom stereocenters. The first-order valence-corrected chi connectivity index (χ1v) is 4.91. The van der Waals surface area contributed by atoms with Gasteiger partial charge in [-0.15, -0.1) is 0 Å². The summed E-state index contributed by atoms with van der Waals surface area (Å²) in [5, 5.41) is 1.02. The average Bonchev–Trinajstić information content (AvgIpc) is 2.75. The Labute approximate surface area is 93.5 Å². The number of allylic oxidation sites excluding steroid dienone is 1. The Balaban J connectivity index is 2.54. The van der Waals surface area contributed by atoms with E-state index in [-0.39, 0.29) is 0 Å². The highest BCUT2D eigenvalue weighted by Gasteiger charge is 2.07. The molecule has 0 spiro atoms. The molecule has 0 aliphatic heterocycles. The quantitative estimate of drug-likeness (QED) is 0.602. The molecule has 2 heterocycles. The molecule has 1 N–H and O–H groups in total. The van der Waals surface area contributed by atoms with Gasteiger partial charge in [-0.3, -0.25) is 4.99 Å². The molecule has 0 aromatic carbocycles. The number of rotatable bonds is 2. The zero-order valence-corrected chi connectivity index (χ0v) is 9.01. The monoisotopic (exact) mass is 212 g/mol. The lowest BCUT2D eigenvalue weighted by molar-refractivity contribution is 1.32. The van der Waals surface area contributed by atoms with Crippen molar-refractivity contribution in [1.29, 1.82) is 0 Å². The van der Waals surface area contributed by atoms with Crippen LogP contribution in [0.25, 0.3) is 11.0 Å². The molecule has 0 radical (unpaired) electrons. The zero-order chi connectivity index (χ0) is 11.4. The van der Waals surface area contributed by atoms with Crippen molar-refractivity contribution in [3.63, 3.8) is 0 Å². The Morgan fingerprint density at radius 3 is 3.19 bits per heavy atom. The van der Waals surface area contributed by atoms with Crippen molar-refractivity contribution in [2.24, 2.45) is 9.98 Å². The van der Waals surface area contributed by atoms with Crippen LogP contribution in [0.15, 0.2) is 47.2 Å². The number of aromatic amines is 1. The lowest BCUT2D eigenvalue weighted by atomic mass is 10.2. The van der Waals surface area contributed by atoms with Crippen LogP contribution in [0.1, 0.15) is 5.56 Å². The summed E-state index contributed by atoms with van der Waals surface area (Å²) in [5.41, 5.74) is 1.79. The van der Waals surface area contributed by atoms with Gasteiger partial charge in [0.2, 0.25) is 0 Å². The largest absolute Gasteiger partial charge is 0.345 e. The number of H-pyrrole nitrogens is 1. The molecule has 0 amide bonds. The summed E-state index contributed by atoms with van der Waals surface area (Å²) in [6.07, 6.45) is 6.86. The van der Waals surface area contributed by atoms with E-state index in [9.17, 15) is 0 Å². The Morgan fingerprint density at radius 1 is 1.56 bits per heavy atom. The van der Waals surface area contributed by atoms with E-state index in [2.05, 4.69) is 26.5 Å². The van der Waals surface area contributed by atoms with Crippen LogP contribution in [0, 0.1) is 0 Å². The third-order valence-electron chi connectivity index (χ3n) is 2.21. The van der Waals surface area contributed by atoms with E-state index in [0.717, 1.165) is 16.6 Å². The lowest BCUT2D eigenvalue weighted by Crippen LogP contribution is -1.95. The fourth-order valence-corrected chi connectivity index (χ4v) is 1.51. The summed E-state index contributed by atoms with van der Waals surface area (Å²) >= 11 is 0. The van der Waals surface area contributed by atoms with Crippen LogP contribution < -0.4 is 0 Å². The maximum Gasteiger partial charge on any atom is 0.156 e. The van der Waals surface area contributed by atoms with Gasteiger partial charge in [0.25, 0.3) is 0 Å². The number of nitrogens with zero attached hydrogens (tertiary/aromatic N) is 3. The van der Waals surface area contributed by atoms with Gasteiger partial charge >= 0.3 is 0 Å². The van der Waals surface area contributed by atoms with Crippen LogP contribution in [0.4, 0.5) is 0 Å². The Morgan fingerprint density at radius 2 is 2.44 bits per heavy atom. The van der Waals surface area contributed by atoms with Gasteiger partial charge in [0.05, 0.1) is 0 Å². The fraction of sp³-hybridized carbons (Fsp3) is 0.0833. The highest BCUT2D eigenvalue weighted by molar-refractivity contribution is 6.11. The molecule has 0 aliphatic carbocycles. The Kier molecular flexibility index (Phi) is 2.91. The number of aliphatic imine (C=N–C) groups is 2. The predicted molar refractivity (Wildman–Crippen MR) is 67.2 cm³/mol. The van der Waals surface area contributed by atoms with Gasteiger partial charge < -0.3 is 4.98 Å². The topological polar surface area (TPSA) is 53.4 Å². The van der Waals surface area contributed by atoms with Gasteiger partial charge in [0, 0.05) is 36.6 Å². The zero-order valence-electron chi connectivity index (χ0n) is 9.01. The molecule has 2 aromatic heterocycles. The lowest BCUT2D eigenvalue weighted by Gasteiger charge is -1.96. The van der Waals surface area contributed by atoms with Crippen molar-refractivity contribution in [1.82, 2.24) is 9.97 Å². The van der Waals surface area contributed by atoms with Crippen LogP contribution in [0.3, 0.4) is 0 Å². The summed E-state index contributed by atoms with van der Waals surface area (Å²) < 4.78 is 0. The van der Waals surface area contributed by atoms with Crippen LogP contribution >= 0.6 is 0 Å². The fourth-order valence-electron chi connectivity index (χ4n) is 1.51. The molecule has 0 bridgehead atoms. The maximum atomic E-state index is 4.22. The first kappa shape index (κ1) is 10.3. The molecule has 0 saturated carbocycles. The van der Waals surface area contributed by atoms with E-state index in [0.29, 0.717) is 5.84 Å². The summed E-state index contributed by atoms with van der Waals surface area (Å²) in [5.74, 6) is 0.666. The molecule has 0 aliphatic rings. The molecule has 0 fully saturated rings. The summed E-state index contributed by atoms with van der Waals surface area (Å²) in [6.45, 7) is 3.59. The van der Waals surface area contributed by atoms with Crippen LogP contribution in [0.5, 0.6) is 0 Å². The molecule has 2 aromatic rings. The van der Waals surface area contributed by atoms with Gasteiger partial charge in [-0.25, -0.2) is 9.98 Å². The predicted octanol–water partition coefficient (Wildman–Crippen LogP) is 2.20. The normalized spacial score (nSPS) is 12.4. The van der Waals surface area contributed by atoms with Crippen molar-refractivity contribution < 1.29 is 0 Å². The smallest absolute Gasteiger partial charge is 0.156 e. The van der Waals surface area contributed by atoms with Crippen LogP contribution in [-0.4, -0.2) is 29.1 Å². The Bertz CT molecular complexity index is 563. The van der Waals surface area contributed by atoms with Gasteiger partial charge in [0.1, 0.15) is 5.65 Å². The molecule has 0 atom stereocenters. The first-order valence-electron chi connectivity index (χ1n) is 4.91. The number of hydrogen-bond acceptors (Lipinski definition) is 2. The molecule has 80 valence electrons. The number of fused-ring (bicyclic) bond motifs is 1. The van der Waals surface area contributed by atoms with Crippen molar-refractivity contribution >= 4 is 23.1 Å². The van der Waals surface area contributed by atoms with Crippen molar-refractivity contribution in [3.05, 3.63) is 42.7 Å². The summed E-state index contributed by atoms with van der Waals surface area (Å²) in [4.78, 5) is 15.7. The van der Waals surface area contributed by atoms with Gasteiger partial charge in [-0.1, -0.05) is 12.7 Å². The van der Waals surface area contributed by atoms with E-state index >= 15 is 0 Å². The SMILES string of the molecule is C=CC=NC(=NC)c1c[nH]c2ncccc12. The van der Waals surface area contributed by atoms with E-state index in [4.69, 9.17) is 0 Å². The first-order chi connectivity index (χ1) is 7.86. The van der Waals surface area contributed by atoms with E-state index in [1.807, 2.05) is 18.3 Å². The minimum absolute atomic E-state index is 0.666. The molecular formula is C12H12N4. The second-order valence-electron chi connectivity index (χ2n) is 3.16. The second kappa shape index (κ2) is 4.53. The number of pyridine rings is 1. The highest BCUT2D eigenvalue weighted by Crippen LogP contribution is 2.16. The highest BCUT2D eigenvalue weighted by atomic mass is 14.9. The van der Waals surface area contributed by atoms with Gasteiger partial charge in [-0.2, -0.15) is 0 Å². The Hall–Kier alpha value is -2.23. The molecule has 4 heteroatoms. The molecule has 16 heavy (non-hydrogen) atoms. The summed E-state index contributed by atoms with van der Waals surface area (Å²) in [7, 11) is 1.71. The number of hydrogen-bond donors (Lipinski definition) is 1. The molecular weight excluding hydrogens is 200 g/mol. The standard InChI is InChI=1S/C12H12N4/c1-3-6-14-11(13-2)10-8-16-12-9(10)5-4-7-15-12/h3-8H,1H2,2H3,(H,15,16). The minimum Gasteiger partial charge on any atom is -0.345 e. The molecule has 2 rings (SSSR count). The van der Waals surface area contributed by atoms with Crippen molar-refractivity contribution in [3.8, 4) is 0 Å². The van der Waals surface area contributed by atoms with E-state index < -0.39 is 0 Å². The third-order valence-corrected chi connectivity index (χ3v) is 2.21. The number of nitrogens with one attached hydrogen (secondary N) is 1. The van der Waals surface area contributed by atoms with Gasteiger partial charge in [0.15, 0.2) is 5.84 Å². The second-order valence-corrected chi connectivity index (χ2v) is 3.16.